The van der Waals surface area contributed by atoms with Crippen LogP contribution in [0.1, 0.15) is 18.5 Å². The van der Waals surface area contributed by atoms with Crippen LogP contribution in [-0.4, -0.2) is 35.5 Å². The number of anilines is 1. The minimum Gasteiger partial charge on any atom is -0.497 e. The Kier molecular flexibility index (Phi) is 4.19. The topological polar surface area (TPSA) is 95.9 Å². The monoisotopic (exact) mass is 380 g/mol. The third-order valence-corrected chi connectivity index (χ3v) is 5.72. The van der Waals surface area contributed by atoms with Crippen LogP contribution in [0, 0.1) is 11.8 Å². The van der Waals surface area contributed by atoms with E-state index in [2.05, 4.69) is 5.32 Å². The minimum atomic E-state index is -1.55. The maximum atomic E-state index is 13.3. The summed E-state index contributed by atoms with van der Waals surface area (Å²) in [5, 5.41) is 12.9. The molecule has 4 atom stereocenters. The number of carboxylic acid groups (broad SMARTS) is 1. The number of carbonyl (C=O) groups excluding carboxylic acids is 2. The van der Waals surface area contributed by atoms with Gasteiger partial charge in [0.1, 0.15) is 11.3 Å². The number of amides is 2. The number of hydrogen-bond acceptors (Lipinski definition) is 5. The van der Waals surface area contributed by atoms with E-state index in [1.165, 1.54) is 6.92 Å². The van der Waals surface area contributed by atoms with Crippen molar-refractivity contribution >= 4 is 23.5 Å². The van der Waals surface area contributed by atoms with E-state index in [4.69, 9.17) is 4.74 Å². The van der Waals surface area contributed by atoms with Crippen LogP contribution >= 0.6 is 0 Å². The summed E-state index contributed by atoms with van der Waals surface area (Å²) in [6.07, 6.45) is 0. The summed E-state index contributed by atoms with van der Waals surface area (Å²) >= 11 is 0. The molecule has 2 aromatic carbocycles. The predicted molar refractivity (Wildman–Crippen MR) is 101 cm³/mol. The number of para-hydroxylation sites is 1. The summed E-state index contributed by atoms with van der Waals surface area (Å²) in [6, 6.07) is 15.1. The Morgan fingerprint density at radius 2 is 1.71 bits per heavy atom. The SMILES string of the molecule is COc1ccc([C@@H]2N[C@](C)(C(=O)O)[C@@H]3C(=O)N(c4ccccc4)C(=O)[C@@H]32)cc1. The lowest BCUT2D eigenvalue weighted by molar-refractivity contribution is -0.147. The van der Waals surface area contributed by atoms with Crippen molar-refractivity contribution in [3.8, 4) is 5.75 Å². The van der Waals surface area contributed by atoms with Gasteiger partial charge in [-0.3, -0.25) is 19.7 Å². The van der Waals surface area contributed by atoms with E-state index < -0.39 is 35.3 Å². The molecule has 0 aromatic heterocycles. The van der Waals surface area contributed by atoms with E-state index in [1.807, 2.05) is 0 Å². The average molecular weight is 380 g/mol. The Morgan fingerprint density at radius 3 is 2.29 bits per heavy atom. The lowest BCUT2D eigenvalue weighted by Crippen LogP contribution is -2.53. The second-order valence-electron chi connectivity index (χ2n) is 7.25. The molecule has 4 rings (SSSR count). The molecule has 2 saturated heterocycles. The van der Waals surface area contributed by atoms with Crippen LogP contribution in [0.5, 0.6) is 5.75 Å². The first kappa shape index (κ1) is 18.2. The maximum Gasteiger partial charge on any atom is 0.324 e. The van der Waals surface area contributed by atoms with Gasteiger partial charge in [-0.1, -0.05) is 30.3 Å². The van der Waals surface area contributed by atoms with Gasteiger partial charge in [0.15, 0.2) is 0 Å². The van der Waals surface area contributed by atoms with Crippen molar-refractivity contribution in [3.63, 3.8) is 0 Å². The predicted octanol–water partition coefficient (Wildman–Crippen LogP) is 1.99. The second-order valence-corrected chi connectivity index (χ2v) is 7.25. The molecule has 2 amide bonds. The van der Waals surface area contributed by atoms with E-state index in [1.54, 1.807) is 61.7 Å². The smallest absolute Gasteiger partial charge is 0.324 e. The maximum absolute atomic E-state index is 13.3. The quantitative estimate of drug-likeness (QED) is 0.788. The molecule has 2 aliphatic rings. The molecule has 0 saturated carbocycles. The van der Waals surface area contributed by atoms with Gasteiger partial charge in [-0.15, -0.1) is 0 Å². The number of rotatable bonds is 4. The highest BCUT2D eigenvalue weighted by atomic mass is 16.5. The molecule has 0 radical (unpaired) electrons. The van der Waals surface area contributed by atoms with Crippen LogP contribution in [0.2, 0.25) is 0 Å². The van der Waals surface area contributed by atoms with Gasteiger partial charge in [-0.05, 0) is 36.8 Å². The number of carbonyl (C=O) groups is 3. The standard InChI is InChI=1S/C21H20N2O5/c1-21(20(26)27)16-15(17(22-21)12-8-10-14(28-2)11-9-12)18(24)23(19(16)25)13-6-4-3-5-7-13/h3-11,15-17,22H,1-2H3,(H,26,27)/t15-,16-,17-,21-/m0/s1. The number of aliphatic carboxylic acids is 1. The first-order chi connectivity index (χ1) is 13.4. The normalized spacial score (nSPS) is 29.1. The largest absolute Gasteiger partial charge is 0.497 e. The Hall–Kier alpha value is -3.19. The number of hydrogen-bond donors (Lipinski definition) is 2. The van der Waals surface area contributed by atoms with Gasteiger partial charge in [0.05, 0.1) is 24.6 Å². The molecular formula is C21H20N2O5. The zero-order valence-corrected chi connectivity index (χ0v) is 15.5. The summed E-state index contributed by atoms with van der Waals surface area (Å²) in [4.78, 5) is 39.6. The number of ether oxygens (including phenoxy) is 1. The summed E-state index contributed by atoms with van der Waals surface area (Å²) in [6.45, 7) is 1.47. The van der Waals surface area contributed by atoms with Crippen LogP contribution in [0.25, 0.3) is 0 Å². The molecule has 0 spiro atoms. The van der Waals surface area contributed by atoms with E-state index in [-0.39, 0.29) is 5.91 Å². The Labute approximate surface area is 161 Å². The minimum absolute atomic E-state index is 0.389. The number of nitrogens with one attached hydrogen (secondary N) is 1. The van der Waals surface area contributed by atoms with Gasteiger partial charge >= 0.3 is 5.97 Å². The van der Waals surface area contributed by atoms with Crippen LogP contribution < -0.4 is 15.0 Å². The molecule has 0 bridgehead atoms. The molecular weight excluding hydrogens is 360 g/mol. The number of fused-ring (bicyclic) bond motifs is 1. The molecule has 28 heavy (non-hydrogen) atoms. The molecule has 2 heterocycles. The fourth-order valence-corrected chi connectivity index (χ4v) is 4.26. The van der Waals surface area contributed by atoms with Crippen molar-refractivity contribution in [3.05, 3.63) is 60.2 Å². The van der Waals surface area contributed by atoms with Gasteiger partial charge < -0.3 is 9.84 Å². The highest BCUT2D eigenvalue weighted by Crippen LogP contribution is 2.49. The van der Waals surface area contributed by atoms with Gasteiger partial charge in [-0.25, -0.2) is 4.90 Å². The molecule has 144 valence electrons. The van der Waals surface area contributed by atoms with E-state index in [9.17, 15) is 19.5 Å². The fraction of sp³-hybridized carbons (Fsp3) is 0.286. The van der Waals surface area contributed by atoms with Crippen molar-refractivity contribution in [2.24, 2.45) is 11.8 Å². The fourth-order valence-electron chi connectivity index (χ4n) is 4.26. The van der Waals surface area contributed by atoms with Crippen LogP contribution in [0.15, 0.2) is 54.6 Å². The summed E-state index contributed by atoms with van der Waals surface area (Å²) in [5.41, 5.74) is -0.365. The molecule has 0 unspecified atom stereocenters. The summed E-state index contributed by atoms with van der Waals surface area (Å²) in [5.74, 6) is -3.19. The van der Waals surface area contributed by atoms with E-state index >= 15 is 0 Å². The first-order valence-electron chi connectivity index (χ1n) is 8.96. The number of benzene rings is 2. The Balaban J connectivity index is 1.80. The lowest BCUT2D eigenvalue weighted by Gasteiger charge is -2.27. The zero-order valence-electron chi connectivity index (χ0n) is 15.5. The van der Waals surface area contributed by atoms with Crippen molar-refractivity contribution in [2.45, 2.75) is 18.5 Å². The molecule has 0 aliphatic carbocycles. The van der Waals surface area contributed by atoms with E-state index in [0.29, 0.717) is 11.4 Å². The average Bonchev–Trinajstić information content (AvgIpc) is 3.17. The highest BCUT2D eigenvalue weighted by molar-refractivity contribution is 6.24. The zero-order chi connectivity index (χ0) is 20.1. The van der Waals surface area contributed by atoms with Gasteiger partial charge in [0.25, 0.3) is 0 Å². The number of nitrogens with zero attached hydrogens (tertiary/aromatic N) is 1. The molecule has 2 aromatic rings. The molecule has 2 fully saturated rings. The Morgan fingerprint density at radius 1 is 1.07 bits per heavy atom. The highest BCUT2D eigenvalue weighted by Gasteiger charge is 2.66. The van der Waals surface area contributed by atoms with Crippen molar-refractivity contribution in [1.29, 1.82) is 0 Å². The number of methoxy groups -OCH3 is 1. The second kappa shape index (κ2) is 6.45. The third-order valence-electron chi connectivity index (χ3n) is 5.72. The molecule has 2 aliphatic heterocycles. The molecule has 7 nitrogen and oxygen atoms in total. The lowest BCUT2D eigenvalue weighted by atomic mass is 9.80. The molecule has 7 heteroatoms. The van der Waals surface area contributed by atoms with Gasteiger partial charge in [-0.2, -0.15) is 0 Å². The van der Waals surface area contributed by atoms with E-state index in [0.717, 1.165) is 10.5 Å². The van der Waals surface area contributed by atoms with Gasteiger partial charge in [0.2, 0.25) is 11.8 Å². The molecule has 2 N–H and O–H groups in total. The third kappa shape index (κ3) is 2.51. The van der Waals surface area contributed by atoms with Crippen molar-refractivity contribution < 1.29 is 24.2 Å². The number of imide groups is 1. The first-order valence-corrected chi connectivity index (χ1v) is 8.96. The summed E-state index contributed by atoms with van der Waals surface area (Å²) < 4.78 is 5.17. The van der Waals surface area contributed by atoms with Crippen molar-refractivity contribution in [2.75, 3.05) is 12.0 Å². The van der Waals surface area contributed by atoms with Crippen LogP contribution in [-0.2, 0) is 14.4 Å². The van der Waals surface area contributed by atoms with Crippen LogP contribution in [0.3, 0.4) is 0 Å². The summed E-state index contributed by atoms with van der Waals surface area (Å²) in [7, 11) is 1.55. The van der Waals surface area contributed by atoms with Crippen LogP contribution in [0.4, 0.5) is 5.69 Å². The Bertz CT molecular complexity index is 943. The van der Waals surface area contributed by atoms with Gasteiger partial charge in [0, 0.05) is 6.04 Å². The van der Waals surface area contributed by atoms with Crippen molar-refractivity contribution in [1.82, 2.24) is 5.32 Å². The number of carboxylic acids is 1.